The number of carbonyl (C=O) groups is 1. The highest BCUT2D eigenvalue weighted by Crippen LogP contribution is 2.29. The molecule has 6 nitrogen and oxygen atoms in total. The molecule has 3 rings (SSSR count). The average Bonchev–Trinajstić information content (AvgIpc) is 3.24. The van der Waals surface area contributed by atoms with Gasteiger partial charge in [-0.1, -0.05) is 19.1 Å². The second-order valence-corrected chi connectivity index (χ2v) is 8.02. The van der Waals surface area contributed by atoms with Gasteiger partial charge in [-0.2, -0.15) is 13.2 Å². The second-order valence-electron chi connectivity index (χ2n) is 8.02. The molecule has 1 aromatic heterocycles. The minimum Gasteiger partial charge on any atom is -0.489 e. The lowest BCUT2D eigenvalue weighted by Crippen LogP contribution is -2.36. The van der Waals surface area contributed by atoms with Crippen molar-refractivity contribution >= 4 is 17.4 Å². The molecule has 1 fully saturated rings. The summed E-state index contributed by atoms with van der Waals surface area (Å²) in [5.41, 5.74) is 1.06. The molecule has 2 unspecified atom stereocenters. The number of halogens is 4. The van der Waals surface area contributed by atoms with Crippen molar-refractivity contribution in [1.29, 1.82) is 0 Å². The smallest absolute Gasteiger partial charge is 0.405 e. The Morgan fingerprint density at radius 2 is 2.00 bits per heavy atom. The standard InChI is InChI=1S/C23H28F4N4O2/c1-3-10-28-21-20(24)19(8-11-29-21)31-12-9-18(13-31)33-17-6-4-16(5-7-17)15(2)22(32)30-14-23(25,26)27/h4-8,11,15,18H,3,9-10,12-14H2,1-2H3,(H,28,29)(H,30,32). The quantitative estimate of drug-likeness (QED) is 0.531. The van der Waals surface area contributed by atoms with Crippen LogP contribution >= 0.6 is 0 Å². The molecule has 0 saturated carbocycles. The minimum atomic E-state index is -4.45. The topological polar surface area (TPSA) is 66.5 Å². The molecule has 1 aliphatic heterocycles. The summed E-state index contributed by atoms with van der Waals surface area (Å²) in [5.74, 6) is -0.987. The highest BCUT2D eigenvalue weighted by molar-refractivity contribution is 5.83. The molecule has 180 valence electrons. The highest BCUT2D eigenvalue weighted by atomic mass is 19.4. The highest BCUT2D eigenvalue weighted by Gasteiger charge is 2.29. The molecule has 1 saturated heterocycles. The fourth-order valence-electron chi connectivity index (χ4n) is 3.61. The van der Waals surface area contributed by atoms with Crippen molar-refractivity contribution in [3.05, 3.63) is 47.9 Å². The Morgan fingerprint density at radius 3 is 2.67 bits per heavy atom. The first kappa shape index (κ1) is 24.6. The van der Waals surface area contributed by atoms with E-state index in [9.17, 15) is 22.4 Å². The summed E-state index contributed by atoms with van der Waals surface area (Å²) in [4.78, 5) is 17.9. The number of nitrogens with one attached hydrogen (secondary N) is 2. The first-order valence-electron chi connectivity index (χ1n) is 10.9. The van der Waals surface area contributed by atoms with E-state index in [-0.39, 0.29) is 17.7 Å². The van der Waals surface area contributed by atoms with E-state index in [2.05, 4.69) is 10.3 Å². The van der Waals surface area contributed by atoms with E-state index in [1.54, 1.807) is 43.5 Å². The van der Waals surface area contributed by atoms with Crippen LogP contribution in [0.2, 0.25) is 0 Å². The number of hydrogen-bond donors (Lipinski definition) is 2. The Balaban J connectivity index is 1.56. The van der Waals surface area contributed by atoms with Crippen molar-refractivity contribution < 1.29 is 27.1 Å². The van der Waals surface area contributed by atoms with Crippen molar-refractivity contribution in [1.82, 2.24) is 10.3 Å². The molecule has 2 atom stereocenters. The second kappa shape index (κ2) is 10.7. The molecule has 1 amide bonds. The summed E-state index contributed by atoms with van der Waals surface area (Å²) in [6.07, 6.45) is -1.45. The van der Waals surface area contributed by atoms with Crippen molar-refractivity contribution in [3.8, 4) is 5.75 Å². The van der Waals surface area contributed by atoms with Crippen LogP contribution in [0.3, 0.4) is 0 Å². The number of hydrogen-bond acceptors (Lipinski definition) is 5. The van der Waals surface area contributed by atoms with Gasteiger partial charge in [0, 0.05) is 25.7 Å². The molecule has 1 aliphatic rings. The van der Waals surface area contributed by atoms with Crippen molar-refractivity contribution in [2.24, 2.45) is 0 Å². The lowest BCUT2D eigenvalue weighted by molar-refractivity contribution is -0.139. The van der Waals surface area contributed by atoms with Crippen LogP contribution in [0.4, 0.5) is 29.1 Å². The van der Waals surface area contributed by atoms with Crippen LogP contribution in [0.5, 0.6) is 5.75 Å². The number of benzene rings is 1. The van der Waals surface area contributed by atoms with Gasteiger partial charge in [-0.05, 0) is 37.1 Å². The molecule has 0 bridgehead atoms. The van der Waals surface area contributed by atoms with Crippen LogP contribution in [-0.4, -0.2) is 49.4 Å². The Hall–Kier alpha value is -3.04. The Kier molecular flexibility index (Phi) is 7.99. The third kappa shape index (κ3) is 6.72. The molecule has 2 heterocycles. The third-order valence-corrected chi connectivity index (χ3v) is 5.44. The average molecular weight is 468 g/mol. The van der Waals surface area contributed by atoms with E-state index in [0.717, 1.165) is 6.42 Å². The van der Waals surface area contributed by atoms with E-state index in [1.165, 1.54) is 0 Å². The van der Waals surface area contributed by atoms with Gasteiger partial charge in [-0.15, -0.1) is 0 Å². The van der Waals surface area contributed by atoms with Crippen molar-refractivity contribution in [3.63, 3.8) is 0 Å². The van der Waals surface area contributed by atoms with Crippen LogP contribution in [0.1, 0.15) is 38.2 Å². The number of rotatable bonds is 9. The van der Waals surface area contributed by atoms with Crippen LogP contribution in [0.15, 0.2) is 36.5 Å². The van der Waals surface area contributed by atoms with Gasteiger partial charge in [0.2, 0.25) is 5.91 Å². The van der Waals surface area contributed by atoms with E-state index in [4.69, 9.17) is 4.74 Å². The maximum atomic E-state index is 14.8. The Bertz CT molecular complexity index is 937. The number of aromatic nitrogens is 1. The normalized spacial score (nSPS) is 17.0. The molecular weight excluding hydrogens is 440 g/mol. The van der Waals surface area contributed by atoms with Crippen LogP contribution < -0.4 is 20.3 Å². The zero-order valence-corrected chi connectivity index (χ0v) is 18.6. The molecule has 0 radical (unpaired) electrons. The monoisotopic (exact) mass is 468 g/mol. The van der Waals surface area contributed by atoms with Crippen molar-refractivity contribution in [2.75, 3.05) is 36.4 Å². The molecule has 1 aromatic carbocycles. The van der Waals surface area contributed by atoms with Gasteiger partial charge in [-0.3, -0.25) is 4.79 Å². The predicted molar refractivity (Wildman–Crippen MR) is 118 cm³/mol. The summed E-state index contributed by atoms with van der Waals surface area (Å²) in [6, 6.07) is 8.34. The summed E-state index contributed by atoms with van der Waals surface area (Å²) >= 11 is 0. The number of amides is 1. The lowest BCUT2D eigenvalue weighted by atomic mass is 10.0. The van der Waals surface area contributed by atoms with E-state index in [0.29, 0.717) is 43.1 Å². The van der Waals surface area contributed by atoms with Crippen LogP contribution in [-0.2, 0) is 4.79 Å². The number of nitrogens with zero attached hydrogens (tertiary/aromatic N) is 2. The summed E-state index contributed by atoms with van der Waals surface area (Å²) < 4.78 is 57.7. The molecule has 2 aromatic rings. The summed E-state index contributed by atoms with van der Waals surface area (Å²) in [6.45, 7) is 3.96. The molecular formula is C23H28F4N4O2. The summed E-state index contributed by atoms with van der Waals surface area (Å²) in [7, 11) is 0. The fraction of sp³-hybridized carbons (Fsp3) is 0.478. The van der Waals surface area contributed by atoms with E-state index < -0.39 is 24.5 Å². The van der Waals surface area contributed by atoms with E-state index in [1.807, 2.05) is 17.1 Å². The van der Waals surface area contributed by atoms with Gasteiger partial charge in [-0.25, -0.2) is 9.37 Å². The number of anilines is 2. The fourth-order valence-corrected chi connectivity index (χ4v) is 3.61. The van der Waals surface area contributed by atoms with Gasteiger partial charge in [0.15, 0.2) is 11.6 Å². The SMILES string of the molecule is CCCNc1nccc(N2CCC(Oc3ccc(C(C)C(=O)NCC(F)(F)F)cc3)C2)c1F. The third-order valence-electron chi connectivity index (χ3n) is 5.44. The molecule has 0 spiro atoms. The molecule has 2 N–H and O–H groups in total. The van der Waals surface area contributed by atoms with Gasteiger partial charge in [0.1, 0.15) is 18.4 Å². The van der Waals surface area contributed by atoms with Gasteiger partial charge in [0.25, 0.3) is 0 Å². The van der Waals surface area contributed by atoms with Gasteiger partial charge in [0.05, 0.1) is 18.2 Å². The zero-order valence-electron chi connectivity index (χ0n) is 18.6. The maximum Gasteiger partial charge on any atom is 0.405 e. The lowest BCUT2D eigenvalue weighted by Gasteiger charge is -2.21. The molecule has 0 aliphatic carbocycles. The summed E-state index contributed by atoms with van der Waals surface area (Å²) in [5, 5.41) is 4.88. The number of ether oxygens (including phenoxy) is 1. The van der Waals surface area contributed by atoms with Crippen LogP contribution in [0.25, 0.3) is 0 Å². The van der Waals surface area contributed by atoms with E-state index >= 15 is 0 Å². The van der Waals surface area contributed by atoms with Crippen molar-refractivity contribution in [2.45, 2.75) is 44.9 Å². The maximum absolute atomic E-state index is 14.8. The number of pyridine rings is 1. The Morgan fingerprint density at radius 1 is 1.27 bits per heavy atom. The minimum absolute atomic E-state index is 0.150. The van der Waals surface area contributed by atoms with Crippen LogP contribution in [0, 0.1) is 5.82 Å². The first-order valence-corrected chi connectivity index (χ1v) is 10.9. The largest absolute Gasteiger partial charge is 0.489 e. The Labute approximate surface area is 190 Å². The molecule has 10 heteroatoms. The zero-order chi connectivity index (χ0) is 24.0. The van der Waals surface area contributed by atoms with Gasteiger partial charge >= 0.3 is 6.18 Å². The number of alkyl halides is 3. The predicted octanol–water partition coefficient (Wildman–Crippen LogP) is 4.48. The first-order chi connectivity index (χ1) is 15.7. The molecule has 33 heavy (non-hydrogen) atoms. The van der Waals surface area contributed by atoms with Gasteiger partial charge < -0.3 is 20.3 Å². The number of carbonyl (C=O) groups excluding carboxylic acids is 1.